The smallest absolute Gasteiger partial charge is 0.245 e. The van der Waals surface area contributed by atoms with Crippen LogP contribution < -0.4 is 4.72 Å². The molecule has 5 nitrogen and oxygen atoms in total. The van der Waals surface area contributed by atoms with Gasteiger partial charge in [-0.15, -0.1) is 0 Å². The van der Waals surface area contributed by atoms with Gasteiger partial charge in [0.25, 0.3) is 0 Å². The number of carbonyl (C=O) groups is 1. The van der Waals surface area contributed by atoms with E-state index in [1.54, 1.807) is 24.0 Å². The predicted octanol–water partition coefficient (Wildman–Crippen LogP) is 1.68. The number of amides is 1. The van der Waals surface area contributed by atoms with E-state index in [9.17, 15) is 13.2 Å². The molecule has 1 atom stereocenters. The average molecular weight is 310 g/mol. The Kier molecular flexibility index (Phi) is 5.36. The molecule has 1 aromatic rings. The topological polar surface area (TPSA) is 66.5 Å². The Morgan fingerprint density at radius 1 is 1.19 bits per heavy atom. The van der Waals surface area contributed by atoms with Crippen LogP contribution in [-0.2, 0) is 14.8 Å². The number of rotatable bonds is 5. The van der Waals surface area contributed by atoms with E-state index in [2.05, 4.69) is 4.72 Å². The van der Waals surface area contributed by atoms with Crippen LogP contribution in [0.2, 0.25) is 0 Å². The van der Waals surface area contributed by atoms with Crippen LogP contribution in [-0.4, -0.2) is 38.1 Å². The Labute approximate surface area is 126 Å². The zero-order chi connectivity index (χ0) is 15.3. The first kappa shape index (κ1) is 16.0. The minimum atomic E-state index is -3.45. The number of nitrogens with zero attached hydrogens (tertiary/aromatic N) is 1. The minimum Gasteiger partial charge on any atom is -0.341 e. The summed E-state index contributed by atoms with van der Waals surface area (Å²) >= 11 is 0. The molecule has 1 N–H and O–H groups in total. The van der Waals surface area contributed by atoms with E-state index >= 15 is 0 Å². The van der Waals surface area contributed by atoms with Crippen LogP contribution in [0.1, 0.15) is 37.8 Å². The minimum absolute atomic E-state index is 0.0381. The molecule has 0 spiro atoms. The predicted molar refractivity (Wildman–Crippen MR) is 82.2 cm³/mol. The monoisotopic (exact) mass is 310 g/mol. The van der Waals surface area contributed by atoms with E-state index in [1.807, 2.05) is 18.2 Å². The van der Waals surface area contributed by atoms with E-state index in [0.717, 1.165) is 19.3 Å². The van der Waals surface area contributed by atoms with E-state index in [-0.39, 0.29) is 11.7 Å². The van der Waals surface area contributed by atoms with E-state index in [4.69, 9.17) is 0 Å². The van der Waals surface area contributed by atoms with Gasteiger partial charge in [0.05, 0.1) is 5.75 Å². The summed E-state index contributed by atoms with van der Waals surface area (Å²) < 4.78 is 26.3. The number of hydrogen-bond acceptors (Lipinski definition) is 3. The molecule has 0 unspecified atom stereocenters. The lowest BCUT2D eigenvalue weighted by Crippen LogP contribution is -2.45. The summed E-state index contributed by atoms with van der Waals surface area (Å²) in [5.74, 6) is -0.193. The molecule has 0 radical (unpaired) electrons. The lowest BCUT2D eigenvalue weighted by atomic mass is 10.0. The second-order valence-corrected chi connectivity index (χ2v) is 7.29. The molecular weight excluding hydrogens is 288 g/mol. The third-order valence-electron chi connectivity index (χ3n) is 3.73. The van der Waals surface area contributed by atoms with Crippen LogP contribution in [0, 0.1) is 0 Å². The molecule has 1 heterocycles. The first-order chi connectivity index (χ1) is 10.0. The van der Waals surface area contributed by atoms with Crippen molar-refractivity contribution in [2.45, 2.75) is 32.2 Å². The molecule has 1 aliphatic rings. The molecule has 6 heteroatoms. The molecule has 0 aliphatic carbocycles. The van der Waals surface area contributed by atoms with Crippen molar-refractivity contribution in [1.82, 2.24) is 9.62 Å². The van der Waals surface area contributed by atoms with Crippen LogP contribution in [0.25, 0.3) is 0 Å². The zero-order valence-electron chi connectivity index (χ0n) is 12.3. The van der Waals surface area contributed by atoms with Crippen LogP contribution in [0.4, 0.5) is 0 Å². The quantitative estimate of drug-likeness (QED) is 0.900. The van der Waals surface area contributed by atoms with Crippen molar-refractivity contribution in [2.75, 3.05) is 18.8 Å². The Balaban J connectivity index is 2.25. The van der Waals surface area contributed by atoms with Gasteiger partial charge in [-0.05, 0) is 31.7 Å². The summed E-state index contributed by atoms with van der Waals surface area (Å²) in [6.45, 7) is 2.97. The van der Waals surface area contributed by atoms with Crippen molar-refractivity contribution in [3.05, 3.63) is 35.9 Å². The molecule has 1 aromatic carbocycles. The fourth-order valence-electron chi connectivity index (χ4n) is 2.47. The molecule has 1 amide bonds. The largest absolute Gasteiger partial charge is 0.341 e. The van der Waals surface area contributed by atoms with Crippen molar-refractivity contribution >= 4 is 15.9 Å². The summed E-state index contributed by atoms with van der Waals surface area (Å²) in [5.41, 5.74) is 0.685. The van der Waals surface area contributed by atoms with Gasteiger partial charge in [0.15, 0.2) is 0 Å². The number of hydrogen-bond donors (Lipinski definition) is 1. The van der Waals surface area contributed by atoms with Gasteiger partial charge >= 0.3 is 0 Å². The third-order valence-corrected chi connectivity index (χ3v) is 5.08. The highest BCUT2D eigenvalue weighted by molar-refractivity contribution is 7.89. The highest BCUT2D eigenvalue weighted by Crippen LogP contribution is 2.20. The number of piperidine rings is 1. The highest BCUT2D eigenvalue weighted by Gasteiger charge is 2.29. The van der Waals surface area contributed by atoms with E-state index in [0.29, 0.717) is 18.7 Å². The number of benzene rings is 1. The fourth-order valence-corrected chi connectivity index (χ4v) is 3.23. The molecule has 2 rings (SSSR count). The maximum absolute atomic E-state index is 12.7. The highest BCUT2D eigenvalue weighted by atomic mass is 32.2. The van der Waals surface area contributed by atoms with E-state index < -0.39 is 16.1 Å². The Bertz CT molecular complexity index is 566. The van der Waals surface area contributed by atoms with Crippen molar-refractivity contribution in [3.8, 4) is 0 Å². The normalized spacial score (nSPS) is 17.5. The van der Waals surface area contributed by atoms with Gasteiger partial charge in [-0.2, -0.15) is 4.72 Å². The van der Waals surface area contributed by atoms with Crippen LogP contribution in [0.15, 0.2) is 30.3 Å². The second kappa shape index (κ2) is 7.04. The lowest BCUT2D eigenvalue weighted by molar-refractivity contribution is -0.134. The van der Waals surface area contributed by atoms with Crippen molar-refractivity contribution < 1.29 is 13.2 Å². The number of carbonyl (C=O) groups excluding carboxylic acids is 1. The number of sulfonamides is 1. The first-order valence-electron chi connectivity index (χ1n) is 7.37. The van der Waals surface area contributed by atoms with Gasteiger partial charge in [-0.3, -0.25) is 4.79 Å². The molecule has 116 valence electrons. The SMILES string of the molecule is CCS(=O)(=O)N[C@H](C(=O)N1CCCCC1)c1ccccc1. The zero-order valence-corrected chi connectivity index (χ0v) is 13.1. The molecular formula is C15H22N2O3S. The molecule has 1 aliphatic heterocycles. The standard InChI is InChI=1S/C15H22N2O3S/c1-2-21(19,20)16-14(13-9-5-3-6-10-13)15(18)17-11-7-4-8-12-17/h3,5-6,9-10,14,16H,2,4,7-8,11-12H2,1H3/t14-/m0/s1. The van der Waals surface area contributed by atoms with Gasteiger partial charge in [0, 0.05) is 13.1 Å². The Morgan fingerprint density at radius 3 is 2.38 bits per heavy atom. The van der Waals surface area contributed by atoms with Gasteiger partial charge in [-0.25, -0.2) is 8.42 Å². The van der Waals surface area contributed by atoms with Crippen molar-refractivity contribution in [2.24, 2.45) is 0 Å². The third kappa shape index (κ3) is 4.28. The van der Waals surface area contributed by atoms with Crippen LogP contribution in [0.3, 0.4) is 0 Å². The molecule has 0 aromatic heterocycles. The number of nitrogens with one attached hydrogen (secondary N) is 1. The van der Waals surface area contributed by atoms with Gasteiger partial charge in [-0.1, -0.05) is 30.3 Å². The maximum atomic E-state index is 12.7. The van der Waals surface area contributed by atoms with Crippen molar-refractivity contribution in [1.29, 1.82) is 0 Å². The summed E-state index contributed by atoms with van der Waals surface area (Å²) in [4.78, 5) is 14.5. The fraction of sp³-hybridized carbons (Fsp3) is 0.533. The lowest BCUT2D eigenvalue weighted by Gasteiger charge is -2.30. The summed E-state index contributed by atoms with van der Waals surface area (Å²) in [5, 5.41) is 0. The van der Waals surface area contributed by atoms with Gasteiger partial charge in [0.2, 0.25) is 15.9 Å². The first-order valence-corrected chi connectivity index (χ1v) is 9.02. The molecule has 0 bridgehead atoms. The maximum Gasteiger partial charge on any atom is 0.245 e. The van der Waals surface area contributed by atoms with Gasteiger partial charge < -0.3 is 4.90 Å². The summed E-state index contributed by atoms with van der Waals surface area (Å²) in [7, 11) is -3.45. The van der Waals surface area contributed by atoms with E-state index in [1.165, 1.54) is 0 Å². The second-order valence-electron chi connectivity index (χ2n) is 5.25. The Hall–Kier alpha value is -1.40. The average Bonchev–Trinajstić information content (AvgIpc) is 2.54. The van der Waals surface area contributed by atoms with Gasteiger partial charge in [0.1, 0.15) is 6.04 Å². The number of likely N-dealkylation sites (tertiary alicyclic amines) is 1. The Morgan fingerprint density at radius 2 is 1.81 bits per heavy atom. The summed E-state index contributed by atoms with van der Waals surface area (Å²) in [6.07, 6.45) is 3.09. The summed E-state index contributed by atoms with van der Waals surface area (Å²) in [6, 6.07) is 8.21. The molecule has 0 saturated carbocycles. The van der Waals surface area contributed by atoms with Crippen LogP contribution >= 0.6 is 0 Å². The molecule has 1 saturated heterocycles. The van der Waals surface area contributed by atoms with Crippen LogP contribution in [0.5, 0.6) is 0 Å². The molecule has 1 fully saturated rings. The van der Waals surface area contributed by atoms with Crippen molar-refractivity contribution in [3.63, 3.8) is 0 Å². The molecule has 21 heavy (non-hydrogen) atoms.